The lowest BCUT2D eigenvalue weighted by Crippen LogP contribution is -2.30. The molecule has 142 valence electrons. The molecule has 0 saturated heterocycles. The van der Waals surface area contributed by atoms with Gasteiger partial charge in [-0.25, -0.2) is 4.52 Å². The van der Waals surface area contributed by atoms with E-state index in [1.807, 2.05) is 6.07 Å². The van der Waals surface area contributed by atoms with Crippen LogP contribution in [-0.4, -0.2) is 26.6 Å². The minimum absolute atomic E-state index is 0.155. The Morgan fingerprint density at radius 3 is 2.75 bits per heavy atom. The summed E-state index contributed by atoms with van der Waals surface area (Å²) in [5.74, 6) is -0.0582. The molecule has 0 unspecified atom stereocenters. The molecule has 0 aliphatic heterocycles. The highest BCUT2D eigenvalue weighted by Gasteiger charge is 2.11. The predicted molar refractivity (Wildman–Crippen MR) is 105 cm³/mol. The normalized spacial score (nSPS) is 11.1. The van der Waals surface area contributed by atoms with Gasteiger partial charge in [-0.05, 0) is 49.2 Å². The van der Waals surface area contributed by atoms with Gasteiger partial charge >= 0.3 is 0 Å². The van der Waals surface area contributed by atoms with Gasteiger partial charge in [0.05, 0.1) is 12.0 Å². The zero-order valence-electron chi connectivity index (χ0n) is 15.7. The Bertz CT molecular complexity index is 1200. The van der Waals surface area contributed by atoms with Crippen molar-refractivity contribution >= 4 is 11.4 Å². The Morgan fingerprint density at radius 2 is 2.00 bits per heavy atom. The lowest BCUT2D eigenvalue weighted by Gasteiger charge is -2.06. The van der Waals surface area contributed by atoms with Crippen LogP contribution in [0.1, 0.15) is 21.7 Å². The van der Waals surface area contributed by atoms with Crippen LogP contribution in [0.3, 0.4) is 0 Å². The Labute approximate surface area is 161 Å². The fraction of sp³-hybridized carbons (Fsp3) is 0.190. The van der Waals surface area contributed by atoms with Crippen LogP contribution in [0.4, 0.5) is 0 Å². The molecular formula is C21H20N4O3. The monoisotopic (exact) mass is 376 g/mol. The molecule has 0 aliphatic rings. The summed E-state index contributed by atoms with van der Waals surface area (Å²) >= 11 is 0. The average Bonchev–Trinajstić information content (AvgIpc) is 3.36. The first kappa shape index (κ1) is 17.8. The van der Waals surface area contributed by atoms with Crippen molar-refractivity contribution in [2.75, 3.05) is 6.54 Å². The molecule has 0 saturated carbocycles. The van der Waals surface area contributed by atoms with Crippen molar-refractivity contribution in [2.24, 2.45) is 0 Å². The molecule has 1 amide bonds. The van der Waals surface area contributed by atoms with Gasteiger partial charge in [-0.15, -0.1) is 0 Å². The molecule has 4 rings (SSSR count). The molecule has 1 aromatic carbocycles. The van der Waals surface area contributed by atoms with E-state index in [0.717, 1.165) is 11.3 Å². The summed E-state index contributed by atoms with van der Waals surface area (Å²) in [7, 11) is 0. The minimum Gasteiger partial charge on any atom is -0.459 e. The molecule has 0 fully saturated rings. The van der Waals surface area contributed by atoms with Crippen molar-refractivity contribution in [3.63, 3.8) is 0 Å². The number of aryl methyl sites for hydroxylation is 2. The molecule has 7 heteroatoms. The molecule has 0 aliphatic carbocycles. The second-order valence-electron chi connectivity index (χ2n) is 6.69. The molecule has 0 atom stereocenters. The molecule has 28 heavy (non-hydrogen) atoms. The first-order valence-electron chi connectivity index (χ1n) is 9.01. The van der Waals surface area contributed by atoms with Gasteiger partial charge in [-0.3, -0.25) is 9.59 Å². The average molecular weight is 376 g/mol. The maximum absolute atomic E-state index is 12.8. The van der Waals surface area contributed by atoms with Crippen LogP contribution in [0.5, 0.6) is 0 Å². The number of aromatic nitrogens is 3. The number of nitrogens with zero attached hydrogens (tertiary/aromatic N) is 3. The topological polar surface area (TPSA) is 81.5 Å². The first-order chi connectivity index (χ1) is 13.5. The van der Waals surface area contributed by atoms with E-state index in [1.54, 1.807) is 39.7 Å². The smallest absolute Gasteiger partial charge is 0.287 e. The molecule has 0 radical (unpaired) electrons. The highest BCUT2D eigenvalue weighted by atomic mass is 16.3. The van der Waals surface area contributed by atoms with Crippen molar-refractivity contribution in [2.45, 2.75) is 20.4 Å². The van der Waals surface area contributed by atoms with E-state index >= 15 is 0 Å². The van der Waals surface area contributed by atoms with Crippen LogP contribution in [0.2, 0.25) is 0 Å². The van der Waals surface area contributed by atoms with Crippen molar-refractivity contribution < 1.29 is 9.21 Å². The number of fused-ring (bicyclic) bond motifs is 1. The van der Waals surface area contributed by atoms with Gasteiger partial charge in [-0.1, -0.05) is 12.1 Å². The third kappa shape index (κ3) is 3.34. The molecular weight excluding hydrogens is 356 g/mol. The maximum Gasteiger partial charge on any atom is 0.287 e. The maximum atomic E-state index is 12.8. The van der Waals surface area contributed by atoms with E-state index in [1.165, 1.54) is 17.4 Å². The number of nitrogens with one attached hydrogen (secondary N) is 1. The van der Waals surface area contributed by atoms with Crippen LogP contribution in [0.15, 0.2) is 64.3 Å². The Balaban J connectivity index is 1.54. The van der Waals surface area contributed by atoms with E-state index in [4.69, 9.17) is 4.42 Å². The van der Waals surface area contributed by atoms with Crippen LogP contribution in [0, 0.1) is 13.8 Å². The number of furan rings is 1. The Morgan fingerprint density at radius 1 is 1.14 bits per heavy atom. The van der Waals surface area contributed by atoms with Gasteiger partial charge in [0, 0.05) is 31.0 Å². The number of benzene rings is 1. The number of hydrogen-bond donors (Lipinski definition) is 1. The number of amides is 1. The minimum atomic E-state index is -0.305. The zero-order valence-corrected chi connectivity index (χ0v) is 15.7. The van der Waals surface area contributed by atoms with Gasteiger partial charge in [0.2, 0.25) is 0 Å². The van der Waals surface area contributed by atoms with Gasteiger partial charge in [0.1, 0.15) is 5.52 Å². The number of carbonyl (C=O) groups is 1. The highest BCUT2D eigenvalue weighted by molar-refractivity contribution is 5.91. The second kappa shape index (κ2) is 7.19. The number of carbonyl (C=O) groups excluding carboxylic acids is 1. The molecule has 0 spiro atoms. The summed E-state index contributed by atoms with van der Waals surface area (Å²) in [6.07, 6.45) is 4.86. The molecule has 3 aromatic heterocycles. The quantitative estimate of drug-likeness (QED) is 0.581. The van der Waals surface area contributed by atoms with Gasteiger partial charge in [-0.2, -0.15) is 5.10 Å². The summed E-state index contributed by atoms with van der Waals surface area (Å²) in [6.45, 7) is 4.78. The largest absolute Gasteiger partial charge is 0.459 e. The van der Waals surface area contributed by atoms with Crippen molar-refractivity contribution in [3.05, 3.63) is 82.3 Å². The highest BCUT2D eigenvalue weighted by Crippen LogP contribution is 2.21. The summed E-state index contributed by atoms with van der Waals surface area (Å²) in [5.41, 5.74) is 4.46. The summed E-state index contributed by atoms with van der Waals surface area (Å²) < 4.78 is 8.19. The van der Waals surface area contributed by atoms with Crippen molar-refractivity contribution in [1.29, 1.82) is 0 Å². The van der Waals surface area contributed by atoms with Crippen LogP contribution in [-0.2, 0) is 6.54 Å². The SMILES string of the molecule is Cc1ccc(-c2cc3c(=O)n(CCNC(=O)c4ccco4)ccn3n2)cc1C. The molecule has 4 aromatic rings. The molecule has 1 N–H and O–H groups in total. The van der Waals surface area contributed by atoms with E-state index in [-0.39, 0.29) is 17.2 Å². The van der Waals surface area contributed by atoms with Crippen LogP contribution >= 0.6 is 0 Å². The summed E-state index contributed by atoms with van der Waals surface area (Å²) in [6, 6.07) is 11.2. The number of rotatable bonds is 5. The van der Waals surface area contributed by atoms with Crippen molar-refractivity contribution in [3.8, 4) is 11.3 Å². The van der Waals surface area contributed by atoms with E-state index < -0.39 is 0 Å². The summed E-state index contributed by atoms with van der Waals surface area (Å²) in [4.78, 5) is 24.7. The summed E-state index contributed by atoms with van der Waals surface area (Å²) in [5, 5.41) is 7.26. The van der Waals surface area contributed by atoms with Crippen LogP contribution < -0.4 is 10.9 Å². The van der Waals surface area contributed by atoms with Gasteiger partial charge in [0.15, 0.2) is 5.76 Å². The lowest BCUT2D eigenvalue weighted by atomic mass is 10.0. The Kier molecular flexibility index (Phi) is 4.57. The Hall–Kier alpha value is -3.61. The fourth-order valence-corrected chi connectivity index (χ4v) is 3.03. The molecule has 0 bridgehead atoms. The van der Waals surface area contributed by atoms with E-state index in [0.29, 0.717) is 18.6 Å². The zero-order chi connectivity index (χ0) is 19.7. The van der Waals surface area contributed by atoms with Crippen LogP contribution in [0.25, 0.3) is 16.8 Å². The molecule has 3 heterocycles. The first-order valence-corrected chi connectivity index (χ1v) is 9.01. The van der Waals surface area contributed by atoms with E-state index in [9.17, 15) is 9.59 Å². The number of hydrogen-bond acceptors (Lipinski definition) is 4. The lowest BCUT2D eigenvalue weighted by molar-refractivity contribution is 0.0924. The fourth-order valence-electron chi connectivity index (χ4n) is 3.03. The standard InChI is InChI=1S/C21H20N4O3/c1-14-5-6-16(12-15(14)2)17-13-18-21(27)24(9-10-25(18)23-17)8-7-22-20(26)19-4-3-11-28-19/h3-6,9-13H,7-8H2,1-2H3,(H,22,26). The second-order valence-corrected chi connectivity index (χ2v) is 6.69. The van der Waals surface area contributed by atoms with E-state index in [2.05, 4.69) is 36.4 Å². The van der Waals surface area contributed by atoms with Gasteiger partial charge in [0.25, 0.3) is 11.5 Å². The third-order valence-corrected chi connectivity index (χ3v) is 4.79. The van der Waals surface area contributed by atoms with Gasteiger partial charge < -0.3 is 14.3 Å². The molecule has 7 nitrogen and oxygen atoms in total. The van der Waals surface area contributed by atoms with Crippen molar-refractivity contribution in [1.82, 2.24) is 19.5 Å². The predicted octanol–water partition coefficient (Wildman–Crippen LogP) is 2.80. The third-order valence-electron chi connectivity index (χ3n) is 4.79.